The summed E-state index contributed by atoms with van der Waals surface area (Å²) in [5.74, 6) is 0. The number of nitro benzene ring substituents is 1. The van der Waals surface area contributed by atoms with E-state index in [1.165, 1.54) is 24.5 Å². The first kappa shape index (κ1) is 9.39. The molecule has 5 heteroatoms. The van der Waals surface area contributed by atoms with Gasteiger partial charge in [0.1, 0.15) is 5.58 Å². The lowest BCUT2D eigenvalue weighted by Crippen LogP contribution is -2.00. The summed E-state index contributed by atoms with van der Waals surface area (Å²) < 4.78 is 5.11. The van der Waals surface area contributed by atoms with Gasteiger partial charge in [-0.05, 0) is 13.0 Å². The summed E-state index contributed by atoms with van der Waals surface area (Å²) in [5, 5.41) is 11.0. The van der Waals surface area contributed by atoms with E-state index in [9.17, 15) is 14.9 Å². The van der Waals surface area contributed by atoms with Crippen molar-refractivity contribution in [3.63, 3.8) is 0 Å². The average molecular weight is 205 g/mol. The molecule has 0 atom stereocenters. The molecule has 2 aromatic rings. The van der Waals surface area contributed by atoms with Crippen molar-refractivity contribution in [3.8, 4) is 0 Å². The molecule has 0 aliphatic heterocycles. The summed E-state index contributed by atoms with van der Waals surface area (Å²) in [6, 6.07) is 4.01. The summed E-state index contributed by atoms with van der Waals surface area (Å²) in [4.78, 5) is 21.5. The molecule has 76 valence electrons. The molecular weight excluding hydrogens is 198 g/mol. The van der Waals surface area contributed by atoms with Gasteiger partial charge in [0, 0.05) is 12.1 Å². The molecule has 0 N–H and O–H groups in total. The molecule has 0 fully saturated rings. The molecule has 0 amide bonds. The van der Waals surface area contributed by atoms with Gasteiger partial charge in [0.05, 0.1) is 22.1 Å². The zero-order valence-corrected chi connectivity index (χ0v) is 7.89. The molecular formula is C10H7NO4. The quantitative estimate of drug-likeness (QED) is 0.527. The smallest absolute Gasteiger partial charge is 0.276 e. The molecule has 5 nitrogen and oxygen atoms in total. The predicted molar refractivity (Wildman–Crippen MR) is 53.9 cm³/mol. The van der Waals surface area contributed by atoms with Crippen LogP contribution in [0.15, 0.2) is 33.7 Å². The van der Waals surface area contributed by atoms with Gasteiger partial charge in [-0.15, -0.1) is 0 Å². The molecule has 0 saturated carbocycles. The minimum atomic E-state index is -0.498. The first-order valence-corrected chi connectivity index (χ1v) is 4.27. The van der Waals surface area contributed by atoms with Crippen LogP contribution in [-0.4, -0.2) is 4.92 Å². The second-order valence-electron chi connectivity index (χ2n) is 3.13. The first-order chi connectivity index (χ1) is 7.11. The molecule has 0 radical (unpaired) electrons. The lowest BCUT2D eigenvalue weighted by Gasteiger charge is -2.00. The number of nitro groups is 1. The van der Waals surface area contributed by atoms with Gasteiger partial charge < -0.3 is 4.42 Å². The van der Waals surface area contributed by atoms with E-state index in [0.29, 0.717) is 10.9 Å². The third-order valence-electron chi connectivity index (χ3n) is 2.24. The Morgan fingerprint density at radius 2 is 2.07 bits per heavy atom. The van der Waals surface area contributed by atoms with Crippen molar-refractivity contribution in [1.82, 2.24) is 0 Å². The van der Waals surface area contributed by atoms with E-state index in [2.05, 4.69) is 0 Å². The van der Waals surface area contributed by atoms with Crippen LogP contribution in [0, 0.1) is 17.0 Å². The molecule has 0 unspecified atom stereocenters. The molecule has 0 bridgehead atoms. The fourth-order valence-electron chi connectivity index (χ4n) is 1.48. The fourth-order valence-corrected chi connectivity index (χ4v) is 1.48. The topological polar surface area (TPSA) is 73.3 Å². The molecule has 0 saturated heterocycles. The Labute approximate surface area is 84.1 Å². The molecule has 15 heavy (non-hydrogen) atoms. The Balaban J connectivity index is 2.92. The standard InChI is InChI=1S/C10H7NO4/c1-6-8(11(13)14)3-2-7-9(12)4-5-15-10(6)7/h2-5H,1H3. The van der Waals surface area contributed by atoms with E-state index in [1.807, 2.05) is 0 Å². The molecule has 1 aromatic heterocycles. The Morgan fingerprint density at radius 3 is 2.73 bits per heavy atom. The number of fused-ring (bicyclic) bond motifs is 1. The number of nitrogens with zero attached hydrogens (tertiary/aromatic N) is 1. The van der Waals surface area contributed by atoms with E-state index in [4.69, 9.17) is 4.42 Å². The van der Waals surface area contributed by atoms with Gasteiger partial charge in [0.2, 0.25) is 0 Å². The highest BCUT2D eigenvalue weighted by Gasteiger charge is 2.15. The summed E-state index contributed by atoms with van der Waals surface area (Å²) >= 11 is 0. The second-order valence-corrected chi connectivity index (χ2v) is 3.13. The normalized spacial score (nSPS) is 10.5. The maximum Gasteiger partial charge on any atom is 0.276 e. The molecule has 0 spiro atoms. The van der Waals surface area contributed by atoms with Gasteiger partial charge >= 0.3 is 0 Å². The van der Waals surface area contributed by atoms with E-state index in [0.717, 1.165) is 0 Å². The van der Waals surface area contributed by atoms with Gasteiger partial charge in [-0.25, -0.2) is 0 Å². The Bertz CT molecular complexity index is 600. The van der Waals surface area contributed by atoms with Crippen LogP contribution in [0.3, 0.4) is 0 Å². The van der Waals surface area contributed by atoms with Crippen molar-refractivity contribution in [3.05, 3.63) is 50.4 Å². The van der Waals surface area contributed by atoms with Crippen molar-refractivity contribution in [2.24, 2.45) is 0 Å². The number of aryl methyl sites for hydroxylation is 1. The third kappa shape index (κ3) is 1.38. The lowest BCUT2D eigenvalue weighted by atomic mass is 10.1. The van der Waals surface area contributed by atoms with Crippen LogP contribution < -0.4 is 5.43 Å². The molecule has 1 aromatic carbocycles. The number of benzene rings is 1. The van der Waals surface area contributed by atoms with Crippen LogP contribution in [0.5, 0.6) is 0 Å². The Hall–Kier alpha value is -2.17. The van der Waals surface area contributed by atoms with Crippen molar-refractivity contribution in [2.45, 2.75) is 6.92 Å². The highest BCUT2D eigenvalue weighted by atomic mass is 16.6. The monoisotopic (exact) mass is 205 g/mol. The van der Waals surface area contributed by atoms with Crippen LogP contribution in [0.1, 0.15) is 5.56 Å². The molecule has 2 rings (SSSR count). The van der Waals surface area contributed by atoms with Crippen LogP contribution in [-0.2, 0) is 0 Å². The van der Waals surface area contributed by atoms with E-state index in [-0.39, 0.29) is 16.7 Å². The fraction of sp³-hybridized carbons (Fsp3) is 0.100. The lowest BCUT2D eigenvalue weighted by molar-refractivity contribution is -0.385. The van der Waals surface area contributed by atoms with E-state index in [1.54, 1.807) is 6.92 Å². The van der Waals surface area contributed by atoms with Crippen molar-refractivity contribution in [2.75, 3.05) is 0 Å². The largest absolute Gasteiger partial charge is 0.464 e. The third-order valence-corrected chi connectivity index (χ3v) is 2.24. The van der Waals surface area contributed by atoms with Crippen LogP contribution >= 0.6 is 0 Å². The van der Waals surface area contributed by atoms with Gasteiger partial charge in [-0.3, -0.25) is 14.9 Å². The summed E-state index contributed by atoms with van der Waals surface area (Å²) in [6.45, 7) is 1.56. The molecule has 0 aliphatic rings. The van der Waals surface area contributed by atoms with Crippen molar-refractivity contribution < 1.29 is 9.34 Å². The zero-order valence-electron chi connectivity index (χ0n) is 7.89. The average Bonchev–Trinajstić information content (AvgIpc) is 2.19. The van der Waals surface area contributed by atoms with Crippen LogP contribution in [0.2, 0.25) is 0 Å². The zero-order chi connectivity index (χ0) is 11.0. The van der Waals surface area contributed by atoms with Gasteiger partial charge in [0.25, 0.3) is 5.69 Å². The number of hydrogen-bond donors (Lipinski definition) is 0. The minimum Gasteiger partial charge on any atom is -0.464 e. The second kappa shape index (κ2) is 3.20. The van der Waals surface area contributed by atoms with Gasteiger partial charge in [0.15, 0.2) is 5.43 Å². The highest BCUT2D eigenvalue weighted by molar-refractivity contribution is 5.82. The van der Waals surface area contributed by atoms with Crippen LogP contribution in [0.25, 0.3) is 11.0 Å². The van der Waals surface area contributed by atoms with Crippen molar-refractivity contribution in [1.29, 1.82) is 0 Å². The Kier molecular flexibility index (Phi) is 2.00. The van der Waals surface area contributed by atoms with Gasteiger partial charge in [-0.2, -0.15) is 0 Å². The molecule has 0 aliphatic carbocycles. The minimum absolute atomic E-state index is 0.0446. The summed E-state index contributed by atoms with van der Waals surface area (Å²) in [7, 11) is 0. The highest BCUT2D eigenvalue weighted by Crippen LogP contribution is 2.24. The van der Waals surface area contributed by atoms with Crippen LogP contribution in [0.4, 0.5) is 5.69 Å². The van der Waals surface area contributed by atoms with Crippen molar-refractivity contribution >= 4 is 16.7 Å². The summed E-state index contributed by atoms with van der Waals surface area (Å²) in [6.07, 6.45) is 1.24. The summed E-state index contributed by atoms with van der Waals surface area (Å²) in [5.41, 5.74) is 0.401. The van der Waals surface area contributed by atoms with E-state index < -0.39 is 4.92 Å². The first-order valence-electron chi connectivity index (χ1n) is 4.27. The van der Waals surface area contributed by atoms with Gasteiger partial charge in [-0.1, -0.05) is 0 Å². The Morgan fingerprint density at radius 1 is 1.33 bits per heavy atom. The molecule has 1 heterocycles. The SMILES string of the molecule is Cc1c([N+](=O)[O-])ccc2c(=O)ccoc12. The maximum absolute atomic E-state index is 11.4. The maximum atomic E-state index is 11.4. The van der Waals surface area contributed by atoms with E-state index >= 15 is 0 Å². The number of rotatable bonds is 1. The number of hydrogen-bond acceptors (Lipinski definition) is 4. The predicted octanol–water partition coefficient (Wildman–Crippen LogP) is 2.01.